The lowest BCUT2D eigenvalue weighted by Crippen LogP contribution is -2.69. The van der Waals surface area contributed by atoms with E-state index >= 15 is 0 Å². The number of para-hydroxylation sites is 2. The molecule has 0 saturated heterocycles. The zero-order chi connectivity index (χ0) is 19.1. The van der Waals surface area contributed by atoms with Crippen molar-refractivity contribution in [3.05, 3.63) is 24.3 Å². The van der Waals surface area contributed by atoms with E-state index in [4.69, 9.17) is 4.74 Å². The molecule has 0 saturated carbocycles. The highest BCUT2D eigenvalue weighted by atomic mass is 19.4. The number of hydrogen-bond donors (Lipinski definition) is 2. The molecule has 0 aliphatic carbocycles. The molecule has 1 amide bonds. The third-order valence-corrected chi connectivity index (χ3v) is 3.00. The monoisotopic (exact) mass is 364 g/mol. The number of nitrogens with one attached hydrogen (secondary N) is 2. The number of amides is 1. The first kappa shape index (κ1) is 20.4. The maximum atomic E-state index is 13.8. The minimum absolute atomic E-state index is 0.0334. The molecule has 140 valence electrons. The molecule has 10 heteroatoms. The van der Waals surface area contributed by atoms with Gasteiger partial charge in [-0.2, -0.15) is 13.2 Å². The van der Waals surface area contributed by atoms with E-state index < -0.39 is 23.9 Å². The second kappa shape index (κ2) is 8.45. The number of anilines is 1. The average Bonchev–Trinajstić information content (AvgIpc) is 2.54. The van der Waals surface area contributed by atoms with Crippen LogP contribution in [-0.4, -0.2) is 44.2 Å². The Morgan fingerprint density at radius 3 is 2.20 bits per heavy atom. The number of alkyl halides is 3. The number of methoxy groups -OCH3 is 1. The quantitative estimate of drug-likeness (QED) is 0.572. The molecule has 1 aromatic rings. The Labute approximate surface area is 142 Å². The van der Waals surface area contributed by atoms with Gasteiger partial charge < -0.3 is 19.5 Å². The lowest BCUT2D eigenvalue weighted by Gasteiger charge is -2.35. The maximum Gasteiger partial charge on any atom is 0.442 e. The van der Waals surface area contributed by atoms with Crippen molar-refractivity contribution >= 4 is 17.7 Å². The zero-order valence-corrected chi connectivity index (χ0v) is 13.9. The SMILES string of the molecule is CCOC(=O)NC(Nc1ccccc1OC)(C(=O)OCC)C(F)(F)F. The lowest BCUT2D eigenvalue weighted by molar-refractivity contribution is -0.205. The van der Waals surface area contributed by atoms with E-state index in [9.17, 15) is 22.8 Å². The van der Waals surface area contributed by atoms with Crippen molar-refractivity contribution in [2.75, 3.05) is 25.6 Å². The summed E-state index contributed by atoms with van der Waals surface area (Å²) in [5.74, 6) is -1.70. The van der Waals surface area contributed by atoms with Crippen LogP contribution in [0.2, 0.25) is 0 Å². The molecule has 2 N–H and O–H groups in total. The molecular weight excluding hydrogens is 345 g/mol. The molecule has 0 heterocycles. The summed E-state index contributed by atoms with van der Waals surface area (Å²) in [5.41, 5.74) is -3.73. The van der Waals surface area contributed by atoms with Gasteiger partial charge in [-0.25, -0.2) is 9.59 Å². The zero-order valence-electron chi connectivity index (χ0n) is 13.9. The molecule has 0 bridgehead atoms. The van der Waals surface area contributed by atoms with Gasteiger partial charge in [-0.15, -0.1) is 0 Å². The summed E-state index contributed by atoms with van der Waals surface area (Å²) >= 11 is 0. The van der Waals surface area contributed by atoms with E-state index in [0.717, 1.165) is 0 Å². The van der Waals surface area contributed by atoms with Crippen molar-refractivity contribution in [2.45, 2.75) is 25.7 Å². The van der Waals surface area contributed by atoms with Crippen molar-refractivity contribution < 1.29 is 37.0 Å². The number of benzene rings is 1. The van der Waals surface area contributed by atoms with E-state index in [1.165, 1.54) is 50.5 Å². The van der Waals surface area contributed by atoms with E-state index in [1.54, 1.807) is 0 Å². The molecule has 0 fully saturated rings. The predicted octanol–water partition coefficient (Wildman–Crippen LogP) is 2.67. The minimum atomic E-state index is -5.24. The first-order valence-corrected chi connectivity index (χ1v) is 7.31. The Bertz CT molecular complexity index is 609. The van der Waals surface area contributed by atoms with E-state index in [2.05, 4.69) is 9.47 Å². The van der Waals surface area contributed by atoms with Crippen LogP contribution < -0.4 is 15.4 Å². The van der Waals surface area contributed by atoms with Gasteiger partial charge in [0.2, 0.25) is 0 Å². The number of halogens is 3. The summed E-state index contributed by atoms with van der Waals surface area (Å²) < 4.78 is 55.4. The van der Waals surface area contributed by atoms with Crippen molar-refractivity contribution in [3.63, 3.8) is 0 Å². The van der Waals surface area contributed by atoms with E-state index in [-0.39, 0.29) is 24.7 Å². The third-order valence-electron chi connectivity index (χ3n) is 3.00. The van der Waals surface area contributed by atoms with Gasteiger partial charge in [-0.1, -0.05) is 12.1 Å². The largest absolute Gasteiger partial charge is 0.495 e. The van der Waals surface area contributed by atoms with Crippen molar-refractivity contribution in [2.24, 2.45) is 0 Å². The number of carbonyl (C=O) groups is 2. The summed E-state index contributed by atoms with van der Waals surface area (Å²) in [5, 5.41) is 3.52. The first-order valence-electron chi connectivity index (χ1n) is 7.31. The number of carbonyl (C=O) groups excluding carboxylic acids is 2. The number of rotatable bonds is 7. The molecule has 1 rings (SSSR count). The maximum absolute atomic E-state index is 13.8. The number of esters is 1. The summed E-state index contributed by atoms with van der Waals surface area (Å²) in [7, 11) is 1.25. The van der Waals surface area contributed by atoms with Gasteiger partial charge in [0.25, 0.3) is 0 Å². The Hall–Kier alpha value is -2.65. The second-order valence-electron chi connectivity index (χ2n) is 4.64. The Morgan fingerprint density at radius 1 is 1.08 bits per heavy atom. The summed E-state index contributed by atoms with van der Waals surface area (Å²) in [4.78, 5) is 23.8. The fourth-order valence-electron chi connectivity index (χ4n) is 1.90. The Kier molecular flexibility index (Phi) is 6.89. The average molecular weight is 364 g/mol. The van der Waals surface area contributed by atoms with Crippen LogP contribution in [0.5, 0.6) is 5.75 Å². The molecule has 25 heavy (non-hydrogen) atoms. The highest BCUT2D eigenvalue weighted by molar-refractivity contribution is 5.90. The summed E-state index contributed by atoms with van der Waals surface area (Å²) in [6, 6.07) is 5.61. The van der Waals surface area contributed by atoms with Crippen LogP contribution in [0.15, 0.2) is 24.3 Å². The highest BCUT2D eigenvalue weighted by Crippen LogP contribution is 2.36. The smallest absolute Gasteiger partial charge is 0.442 e. The van der Waals surface area contributed by atoms with Gasteiger partial charge in [0.05, 0.1) is 26.0 Å². The topological polar surface area (TPSA) is 85.9 Å². The number of hydrogen-bond acceptors (Lipinski definition) is 6. The molecule has 1 unspecified atom stereocenters. The van der Waals surface area contributed by atoms with Crippen molar-refractivity contribution in [3.8, 4) is 5.75 Å². The normalized spacial score (nSPS) is 13.4. The van der Waals surface area contributed by atoms with Gasteiger partial charge >= 0.3 is 23.9 Å². The van der Waals surface area contributed by atoms with E-state index in [0.29, 0.717) is 0 Å². The Balaban J connectivity index is 3.41. The standard InChI is InChI=1S/C15H19F3N2O5/c1-4-24-12(21)14(15(16,17)18,20-13(22)25-5-2)19-10-8-6-7-9-11(10)23-3/h6-9,19H,4-5H2,1-3H3,(H,20,22). The summed E-state index contributed by atoms with van der Waals surface area (Å²) in [6.07, 6.45) is -6.68. The molecule has 7 nitrogen and oxygen atoms in total. The fraction of sp³-hybridized carbons (Fsp3) is 0.467. The van der Waals surface area contributed by atoms with Crippen LogP contribution in [-0.2, 0) is 14.3 Å². The van der Waals surface area contributed by atoms with Gasteiger partial charge in [0, 0.05) is 0 Å². The fourth-order valence-corrected chi connectivity index (χ4v) is 1.90. The first-order chi connectivity index (χ1) is 11.7. The van der Waals surface area contributed by atoms with Gasteiger partial charge in [0.15, 0.2) is 0 Å². The van der Waals surface area contributed by atoms with E-state index in [1.807, 2.05) is 5.32 Å². The van der Waals surface area contributed by atoms with Crippen LogP contribution >= 0.6 is 0 Å². The highest BCUT2D eigenvalue weighted by Gasteiger charge is 2.64. The van der Waals surface area contributed by atoms with Crippen LogP contribution in [0.3, 0.4) is 0 Å². The van der Waals surface area contributed by atoms with Crippen LogP contribution in [0, 0.1) is 0 Å². The molecule has 0 radical (unpaired) electrons. The molecule has 0 aliphatic heterocycles. The molecule has 0 aromatic heterocycles. The van der Waals surface area contributed by atoms with Crippen molar-refractivity contribution in [1.29, 1.82) is 0 Å². The predicted molar refractivity (Wildman–Crippen MR) is 82.2 cm³/mol. The summed E-state index contributed by atoms with van der Waals surface area (Å²) in [6.45, 7) is 2.24. The molecular formula is C15H19F3N2O5. The Morgan fingerprint density at radius 2 is 1.68 bits per heavy atom. The lowest BCUT2D eigenvalue weighted by atomic mass is 10.1. The van der Waals surface area contributed by atoms with Crippen LogP contribution in [0.4, 0.5) is 23.7 Å². The third kappa shape index (κ3) is 4.68. The van der Waals surface area contributed by atoms with Crippen LogP contribution in [0.1, 0.15) is 13.8 Å². The van der Waals surface area contributed by atoms with Gasteiger partial charge in [-0.05, 0) is 26.0 Å². The minimum Gasteiger partial charge on any atom is -0.495 e. The van der Waals surface area contributed by atoms with Crippen LogP contribution in [0.25, 0.3) is 0 Å². The number of ether oxygens (including phenoxy) is 3. The molecule has 0 aliphatic rings. The molecule has 1 atom stereocenters. The van der Waals surface area contributed by atoms with Gasteiger partial charge in [0.1, 0.15) is 5.75 Å². The molecule has 0 spiro atoms. The van der Waals surface area contributed by atoms with Gasteiger partial charge in [-0.3, -0.25) is 5.32 Å². The molecule has 1 aromatic carbocycles. The van der Waals surface area contributed by atoms with Crippen molar-refractivity contribution in [1.82, 2.24) is 5.32 Å². The number of alkyl carbamates (subject to hydrolysis) is 1. The second-order valence-corrected chi connectivity index (χ2v) is 4.64.